The van der Waals surface area contributed by atoms with Gasteiger partial charge < -0.3 is 0 Å². The second kappa shape index (κ2) is 4.80. The number of halogens is 2. The molecule has 0 bridgehead atoms. The van der Waals surface area contributed by atoms with E-state index >= 15 is 0 Å². The van der Waals surface area contributed by atoms with Crippen LogP contribution in [0.15, 0.2) is 46.9 Å². The van der Waals surface area contributed by atoms with Crippen molar-refractivity contribution in [2.45, 2.75) is 6.92 Å². The van der Waals surface area contributed by atoms with Gasteiger partial charge in [-0.3, -0.25) is 4.79 Å². The van der Waals surface area contributed by atoms with E-state index in [-0.39, 0.29) is 11.6 Å². The van der Waals surface area contributed by atoms with E-state index < -0.39 is 0 Å². The van der Waals surface area contributed by atoms with E-state index in [1.165, 1.54) is 6.07 Å². The molecule has 0 aliphatic heterocycles. The van der Waals surface area contributed by atoms with Crippen molar-refractivity contribution in [3.05, 3.63) is 69.4 Å². The lowest BCUT2D eigenvalue weighted by Gasteiger charge is -2.03. The Balaban J connectivity index is 2.40. The predicted molar refractivity (Wildman–Crippen MR) is 68.7 cm³/mol. The summed E-state index contributed by atoms with van der Waals surface area (Å²) in [5.74, 6) is -0.531. The van der Waals surface area contributed by atoms with Gasteiger partial charge in [0.25, 0.3) is 0 Å². The quantitative estimate of drug-likeness (QED) is 0.761. The van der Waals surface area contributed by atoms with Crippen LogP contribution in [0.5, 0.6) is 0 Å². The Morgan fingerprint density at radius 1 is 1.12 bits per heavy atom. The van der Waals surface area contributed by atoms with E-state index in [1.54, 1.807) is 37.3 Å². The molecule has 17 heavy (non-hydrogen) atoms. The third-order valence-electron chi connectivity index (χ3n) is 2.52. The third kappa shape index (κ3) is 2.61. The highest BCUT2D eigenvalue weighted by atomic mass is 79.9. The van der Waals surface area contributed by atoms with Gasteiger partial charge in [-0.1, -0.05) is 40.2 Å². The molecule has 2 aromatic rings. The first-order chi connectivity index (χ1) is 8.08. The SMILES string of the molecule is Cc1ccc(C(=O)c2cccc(Br)c2)cc1F. The van der Waals surface area contributed by atoms with E-state index in [2.05, 4.69) is 15.9 Å². The number of ketones is 1. The van der Waals surface area contributed by atoms with Crippen molar-refractivity contribution in [2.24, 2.45) is 0 Å². The van der Waals surface area contributed by atoms with Crippen LogP contribution >= 0.6 is 15.9 Å². The number of carbonyl (C=O) groups excluding carboxylic acids is 1. The molecular weight excluding hydrogens is 283 g/mol. The molecule has 0 aliphatic rings. The zero-order valence-electron chi connectivity index (χ0n) is 9.21. The molecule has 0 aliphatic carbocycles. The fourth-order valence-corrected chi connectivity index (χ4v) is 1.93. The highest BCUT2D eigenvalue weighted by Crippen LogP contribution is 2.17. The molecule has 0 amide bonds. The van der Waals surface area contributed by atoms with E-state index in [9.17, 15) is 9.18 Å². The Bertz CT molecular complexity index is 578. The molecule has 0 atom stereocenters. The van der Waals surface area contributed by atoms with Crippen LogP contribution in [0.1, 0.15) is 21.5 Å². The summed E-state index contributed by atoms with van der Waals surface area (Å²) in [6.45, 7) is 1.67. The highest BCUT2D eigenvalue weighted by Gasteiger charge is 2.10. The van der Waals surface area contributed by atoms with E-state index in [0.717, 1.165) is 4.47 Å². The summed E-state index contributed by atoms with van der Waals surface area (Å²) in [7, 11) is 0. The molecule has 0 spiro atoms. The molecule has 86 valence electrons. The minimum atomic E-state index is -0.356. The highest BCUT2D eigenvalue weighted by molar-refractivity contribution is 9.10. The van der Waals surface area contributed by atoms with Gasteiger partial charge in [0.05, 0.1) is 0 Å². The first-order valence-electron chi connectivity index (χ1n) is 5.14. The third-order valence-corrected chi connectivity index (χ3v) is 3.01. The van der Waals surface area contributed by atoms with Gasteiger partial charge in [-0.05, 0) is 30.7 Å². The Morgan fingerprint density at radius 3 is 2.47 bits per heavy atom. The zero-order valence-corrected chi connectivity index (χ0v) is 10.8. The molecule has 2 aromatic carbocycles. The predicted octanol–water partition coefficient (Wildman–Crippen LogP) is 4.13. The maximum Gasteiger partial charge on any atom is 0.193 e. The first-order valence-corrected chi connectivity index (χ1v) is 5.93. The van der Waals surface area contributed by atoms with Crippen LogP contribution in [0.3, 0.4) is 0 Å². The maximum atomic E-state index is 13.4. The Morgan fingerprint density at radius 2 is 1.82 bits per heavy atom. The standard InChI is InChI=1S/C14H10BrFO/c1-9-5-6-11(8-13(9)16)14(17)10-3-2-4-12(15)7-10/h2-8H,1H3. The Kier molecular flexibility index (Phi) is 3.38. The molecule has 0 heterocycles. The minimum absolute atomic E-state index is 0.176. The molecule has 0 radical (unpaired) electrons. The van der Waals surface area contributed by atoms with Crippen LogP contribution < -0.4 is 0 Å². The van der Waals surface area contributed by atoms with Crippen molar-refractivity contribution in [2.75, 3.05) is 0 Å². The van der Waals surface area contributed by atoms with Gasteiger partial charge in [0, 0.05) is 15.6 Å². The largest absolute Gasteiger partial charge is 0.289 e. The lowest BCUT2D eigenvalue weighted by molar-refractivity contribution is 0.103. The van der Waals surface area contributed by atoms with Gasteiger partial charge in [0.1, 0.15) is 5.82 Å². The number of benzene rings is 2. The monoisotopic (exact) mass is 292 g/mol. The average Bonchev–Trinajstić information content (AvgIpc) is 2.32. The second-order valence-corrected chi connectivity index (χ2v) is 4.72. The van der Waals surface area contributed by atoms with Crippen LogP contribution in [-0.4, -0.2) is 5.78 Å². The smallest absolute Gasteiger partial charge is 0.193 e. The topological polar surface area (TPSA) is 17.1 Å². The second-order valence-electron chi connectivity index (χ2n) is 3.80. The lowest BCUT2D eigenvalue weighted by atomic mass is 10.0. The summed E-state index contributed by atoms with van der Waals surface area (Å²) in [6, 6.07) is 11.6. The molecule has 3 heteroatoms. The van der Waals surface area contributed by atoms with E-state index in [0.29, 0.717) is 16.7 Å². The fraction of sp³-hybridized carbons (Fsp3) is 0.0714. The zero-order chi connectivity index (χ0) is 12.4. The van der Waals surface area contributed by atoms with Crippen LogP contribution in [0.2, 0.25) is 0 Å². The van der Waals surface area contributed by atoms with Gasteiger partial charge >= 0.3 is 0 Å². The summed E-state index contributed by atoms with van der Waals surface area (Å²) in [4.78, 5) is 12.1. The van der Waals surface area contributed by atoms with Crippen LogP contribution in [0.4, 0.5) is 4.39 Å². The average molecular weight is 293 g/mol. The van der Waals surface area contributed by atoms with Gasteiger partial charge in [-0.15, -0.1) is 0 Å². The van der Waals surface area contributed by atoms with Gasteiger partial charge in [-0.2, -0.15) is 0 Å². The van der Waals surface area contributed by atoms with Crippen molar-refractivity contribution in [3.8, 4) is 0 Å². The van der Waals surface area contributed by atoms with Gasteiger partial charge in [0.2, 0.25) is 0 Å². The van der Waals surface area contributed by atoms with Crippen LogP contribution in [0, 0.1) is 12.7 Å². The molecule has 0 saturated heterocycles. The number of hydrogen-bond acceptors (Lipinski definition) is 1. The fourth-order valence-electron chi connectivity index (χ4n) is 1.53. The van der Waals surface area contributed by atoms with E-state index in [1.807, 2.05) is 6.07 Å². The van der Waals surface area contributed by atoms with Crippen LogP contribution in [0.25, 0.3) is 0 Å². The number of rotatable bonds is 2. The van der Waals surface area contributed by atoms with Crippen molar-refractivity contribution in [1.29, 1.82) is 0 Å². The molecule has 0 fully saturated rings. The molecule has 0 unspecified atom stereocenters. The van der Waals surface area contributed by atoms with E-state index in [4.69, 9.17) is 0 Å². The summed E-state index contributed by atoms with van der Waals surface area (Å²) in [5.41, 5.74) is 1.45. The Hall–Kier alpha value is -1.48. The van der Waals surface area contributed by atoms with Gasteiger partial charge in [-0.25, -0.2) is 4.39 Å². The van der Waals surface area contributed by atoms with Crippen molar-refractivity contribution in [1.82, 2.24) is 0 Å². The summed E-state index contributed by atoms with van der Waals surface area (Å²) >= 11 is 3.30. The molecule has 0 aromatic heterocycles. The number of hydrogen-bond donors (Lipinski definition) is 0. The normalized spacial score (nSPS) is 10.3. The molecule has 2 rings (SSSR count). The summed E-state index contributed by atoms with van der Waals surface area (Å²) in [5, 5.41) is 0. The number of carbonyl (C=O) groups is 1. The van der Waals surface area contributed by atoms with Crippen molar-refractivity contribution < 1.29 is 9.18 Å². The summed E-state index contributed by atoms with van der Waals surface area (Å²) in [6.07, 6.45) is 0. The number of aryl methyl sites for hydroxylation is 1. The Labute approximate surface area is 107 Å². The summed E-state index contributed by atoms with van der Waals surface area (Å²) < 4.78 is 14.2. The lowest BCUT2D eigenvalue weighted by Crippen LogP contribution is -2.02. The molecule has 1 nitrogen and oxygen atoms in total. The first kappa shape index (κ1) is 12.0. The van der Waals surface area contributed by atoms with Crippen LogP contribution in [-0.2, 0) is 0 Å². The van der Waals surface area contributed by atoms with Gasteiger partial charge in [0.15, 0.2) is 5.78 Å². The molecule has 0 saturated carbocycles. The molecule has 0 N–H and O–H groups in total. The maximum absolute atomic E-state index is 13.4. The molecular formula is C14H10BrFO. The van der Waals surface area contributed by atoms with Crippen molar-refractivity contribution in [3.63, 3.8) is 0 Å². The minimum Gasteiger partial charge on any atom is -0.289 e. The van der Waals surface area contributed by atoms with Crippen molar-refractivity contribution >= 4 is 21.7 Å².